The van der Waals surface area contributed by atoms with Gasteiger partial charge in [0.2, 0.25) is 0 Å². The first-order valence-corrected chi connectivity index (χ1v) is 10.8. The van der Waals surface area contributed by atoms with Gasteiger partial charge in [0.05, 0.1) is 38.1 Å². The maximum Gasteiger partial charge on any atom is 0.416 e. The molecule has 2 aliphatic heterocycles. The summed E-state index contributed by atoms with van der Waals surface area (Å²) < 4.78 is 27.0. The van der Waals surface area contributed by atoms with Crippen LogP contribution < -0.4 is 14.4 Å². The summed E-state index contributed by atoms with van der Waals surface area (Å²) in [7, 11) is 4.29. The van der Waals surface area contributed by atoms with E-state index in [0.29, 0.717) is 36.6 Å². The average molecular weight is 462 g/mol. The number of amides is 2. The van der Waals surface area contributed by atoms with Crippen molar-refractivity contribution in [3.05, 3.63) is 30.4 Å². The van der Waals surface area contributed by atoms with Gasteiger partial charge in [-0.3, -0.25) is 9.59 Å². The Labute approximate surface area is 193 Å². The zero-order chi connectivity index (χ0) is 24.0. The highest BCUT2D eigenvalue weighted by Crippen LogP contribution is 2.41. The Bertz CT molecular complexity index is 903. The molecule has 33 heavy (non-hydrogen) atoms. The lowest BCUT2D eigenvalue weighted by molar-refractivity contribution is -0.140. The predicted molar refractivity (Wildman–Crippen MR) is 119 cm³/mol. The Kier molecular flexibility index (Phi) is 8.16. The number of ether oxygens (including phenoxy) is 5. The van der Waals surface area contributed by atoms with Gasteiger partial charge in [-0.25, -0.2) is 9.69 Å². The molecule has 10 nitrogen and oxygen atoms in total. The van der Waals surface area contributed by atoms with Crippen LogP contribution in [0.2, 0.25) is 0 Å². The molecule has 0 N–H and O–H groups in total. The zero-order valence-electron chi connectivity index (χ0n) is 19.2. The molecular weight excluding hydrogens is 432 g/mol. The van der Waals surface area contributed by atoms with Crippen LogP contribution in [-0.2, 0) is 19.0 Å². The van der Waals surface area contributed by atoms with Gasteiger partial charge >= 0.3 is 12.1 Å². The number of methoxy groups -OCH3 is 3. The van der Waals surface area contributed by atoms with Crippen LogP contribution in [0.3, 0.4) is 0 Å². The van der Waals surface area contributed by atoms with Crippen molar-refractivity contribution in [3.63, 3.8) is 0 Å². The standard InChI is InChI=1S/C23H30N2O8/c1-5-11-33-23(28)25-17-14-19(32-12-7-9-20(26)30-3)18(29-2)13-15(17)21(27)24-10-6-8-16(24)22(25)31-4/h5,13-14,16,22H,1,6-12H2,2-4H3/t16-,22?/m0/s1. The lowest BCUT2D eigenvalue weighted by atomic mass is 10.1. The second kappa shape index (κ2) is 11.0. The highest BCUT2D eigenvalue weighted by Gasteiger charge is 2.46. The molecule has 2 amide bonds. The van der Waals surface area contributed by atoms with E-state index < -0.39 is 12.3 Å². The van der Waals surface area contributed by atoms with E-state index in [1.165, 1.54) is 32.3 Å². The van der Waals surface area contributed by atoms with Crippen molar-refractivity contribution < 1.29 is 38.1 Å². The Balaban J connectivity index is 2.02. The van der Waals surface area contributed by atoms with Crippen LogP contribution in [-0.4, -0.2) is 76.2 Å². The molecule has 10 heteroatoms. The molecule has 0 aromatic heterocycles. The third kappa shape index (κ3) is 5.05. The zero-order valence-corrected chi connectivity index (χ0v) is 19.2. The normalized spacial score (nSPS) is 19.3. The molecule has 3 rings (SSSR count). The molecule has 1 unspecified atom stereocenters. The van der Waals surface area contributed by atoms with E-state index in [1.807, 2.05) is 0 Å². The van der Waals surface area contributed by atoms with E-state index in [0.717, 1.165) is 6.42 Å². The first-order valence-electron chi connectivity index (χ1n) is 10.8. The average Bonchev–Trinajstić information content (AvgIpc) is 3.28. The molecule has 1 fully saturated rings. The summed E-state index contributed by atoms with van der Waals surface area (Å²) >= 11 is 0. The van der Waals surface area contributed by atoms with Gasteiger partial charge in [0, 0.05) is 26.1 Å². The number of carbonyl (C=O) groups is 3. The predicted octanol–water partition coefficient (Wildman–Crippen LogP) is 2.75. The van der Waals surface area contributed by atoms with Gasteiger partial charge in [0.15, 0.2) is 17.7 Å². The SMILES string of the molecule is C=CCOC(=O)N1c2cc(OCCCC(=O)OC)c(OC)cc2C(=O)N2CCC[C@H]2C1OC. The summed E-state index contributed by atoms with van der Waals surface area (Å²) in [6, 6.07) is 2.82. The van der Waals surface area contributed by atoms with Crippen LogP contribution in [0.1, 0.15) is 36.0 Å². The Morgan fingerprint density at radius 3 is 2.67 bits per heavy atom. The van der Waals surface area contributed by atoms with Crippen LogP contribution in [0, 0.1) is 0 Å². The number of benzene rings is 1. The minimum absolute atomic E-state index is 0.0104. The second-order valence-electron chi connectivity index (χ2n) is 7.62. The Morgan fingerprint density at radius 1 is 1.21 bits per heavy atom. The highest BCUT2D eigenvalue weighted by molar-refractivity contribution is 6.06. The largest absolute Gasteiger partial charge is 0.493 e. The minimum atomic E-state index is -0.740. The molecular formula is C23H30N2O8. The van der Waals surface area contributed by atoms with Crippen molar-refractivity contribution in [2.24, 2.45) is 0 Å². The van der Waals surface area contributed by atoms with Crippen LogP contribution in [0.5, 0.6) is 11.5 Å². The van der Waals surface area contributed by atoms with Gasteiger partial charge in [0.25, 0.3) is 5.91 Å². The van der Waals surface area contributed by atoms with Crippen molar-refractivity contribution in [2.45, 2.75) is 38.0 Å². The number of hydrogen-bond donors (Lipinski definition) is 0. The molecule has 0 bridgehead atoms. The van der Waals surface area contributed by atoms with Gasteiger partial charge in [-0.1, -0.05) is 12.7 Å². The molecule has 2 heterocycles. The first-order chi connectivity index (χ1) is 16.0. The number of carbonyl (C=O) groups excluding carboxylic acids is 3. The molecule has 2 aliphatic rings. The molecule has 2 atom stereocenters. The van der Waals surface area contributed by atoms with Crippen LogP contribution in [0.4, 0.5) is 10.5 Å². The van der Waals surface area contributed by atoms with E-state index in [-0.39, 0.29) is 43.1 Å². The number of anilines is 1. The maximum atomic E-state index is 13.4. The van der Waals surface area contributed by atoms with Crippen LogP contribution in [0.15, 0.2) is 24.8 Å². The third-order valence-corrected chi connectivity index (χ3v) is 5.69. The lowest BCUT2D eigenvalue weighted by Crippen LogP contribution is -2.52. The monoisotopic (exact) mass is 462 g/mol. The molecule has 0 aliphatic carbocycles. The fourth-order valence-electron chi connectivity index (χ4n) is 4.16. The van der Waals surface area contributed by atoms with Crippen molar-refractivity contribution in [1.82, 2.24) is 4.90 Å². The first kappa shape index (κ1) is 24.4. The number of esters is 1. The summed E-state index contributed by atoms with van der Waals surface area (Å²) in [5.41, 5.74) is 0.592. The topological polar surface area (TPSA) is 104 Å². The number of hydrogen-bond acceptors (Lipinski definition) is 8. The molecule has 1 aromatic rings. The van der Waals surface area contributed by atoms with Gasteiger partial charge in [-0.15, -0.1) is 0 Å². The van der Waals surface area contributed by atoms with Crippen LogP contribution in [0.25, 0.3) is 0 Å². The Hall–Kier alpha value is -3.27. The maximum absolute atomic E-state index is 13.4. The Morgan fingerprint density at radius 2 is 2.00 bits per heavy atom. The highest BCUT2D eigenvalue weighted by atomic mass is 16.6. The number of nitrogens with zero attached hydrogens (tertiary/aromatic N) is 2. The van der Waals surface area contributed by atoms with Gasteiger partial charge in [0.1, 0.15) is 6.61 Å². The number of rotatable bonds is 9. The summed E-state index contributed by atoms with van der Waals surface area (Å²) in [5, 5.41) is 0. The van der Waals surface area contributed by atoms with E-state index >= 15 is 0 Å². The van der Waals surface area contributed by atoms with Crippen molar-refractivity contribution in [1.29, 1.82) is 0 Å². The quantitative estimate of drug-likeness (QED) is 0.314. The van der Waals surface area contributed by atoms with E-state index in [2.05, 4.69) is 11.3 Å². The third-order valence-electron chi connectivity index (χ3n) is 5.69. The van der Waals surface area contributed by atoms with E-state index in [4.69, 9.17) is 18.9 Å². The molecule has 180 valence electrons. The molecule has 0 saturated carbocycles. The van der Waals surface area contributed by atoms with Crippen molar-refractivity contribution >= 4 is 23.7 Å². The molecule has 1 saturated heterocycles. The van der Waals surface area contributed by atoms with E-state index in [9.17, 15) is 14.4 Å². The van der Waals surface area contributed by atoms with Crippen molar-refractivity contribution in [3.8, 4) is 11.5 Å². The molecule has 0 spiro atoms. The smallest absolute Gasteiger partial charge is 0.416 e. The van der Waals surface area contributed by atoms with Crippen molar-refractivity contribution in [2.75, 3.05) is 46.0 Å². The van der Waals surface area contributed by atoms with Gasteiger partial charge in [-0.2, -0.15) is 0 Å². The van der Waals surface area contributed by atoms with Gasteiger partial charge in [-0.05, 0) is 25.3 Å². The molecule has 1 aromatic carbocycles. The van der Waals surface area contributed by atoms with Gasteiger partial charge < -0.3 is 28.6 Å². The lowest BCUT2D eigenvalue weighted by Gasteiger charge is -2.34. The summed E-state index contributed by atoms with van der Waals surface area (Å²) in [6.07, 6.45) is 2.19. The minimum Gasteiger partial charge on any atom is -0.493 e. The fourth-order valence-corrected chi connectivity index (χ4v) is 4.16. The molecule has 0 radical (unpaired) electrons. The summed E-state index contributed by atoms with van der Waals surface area (Å²) in [5.74, 6) is 0.111. The van der Waals surface area contributed by atoms with E-state index in [1.54, 1.807) is 17.0 Å². The summed E-state index contributed by atoms with van der Waals surface area (Å²) in [4.78, 5) is 41.0. The fraction of sp³-hybridized carbons (Fsp3) is 0.522. The number of fused-ring (bicyclic) bond motifs is 2. The van der Waals surface area contributed by atoms with Crippen LogP contribution >= 0.6 is 0 Å². The summed E-state index contributed by atoms with van der Waals surface area (Å²) in [6.45, 7) is 4.37. The second-order valence-corrected chi connectivity index (χ2v) is 7.62.